The molecule has 25 heavy (non-hydrogen) atoms. The summed E-state index contributed by atoms with van der Waals surface area (Å²) in [6, 6.07) is 9.49. The summed E-state index contributed by atoms with van der Waals surface area (Å²) in [4.78, 5) is 17.7. The summed E-state index contributed by atoms with van der Waals surface area (Å²) in [5.41, 5.74) is 1.62. The van der Waals surface area contributed by atoms with E-state index in [2.05, 4.69) is 24.8 Å². The van der Waals surface area contributed by atoms with Crippen LogP contribution in [0.15, 0.2) is 42.7 Å². The van der Waals surface area contributed by atoms with Crippen LogP contribution in [0.5, 0.6) is 5.75 Å². The zero-order valence-electron chi connectivity index (χ0n) is 13.6. The number of fused-ring (bicyclic) bond motifs is 1. The molecule has 1 aliphatic rings. The van der Waals surface area contributed by atoms with E-state index in [0.29, 0.717) is 10.5 Å². The summed E-state index contributed by atoms with van der Waals surface area (Å²) in [6.45, 7) is 4.31. The van der Waals surface area contributed by atoms with Gasteiger partial charge in [-0.1, -0.05) is 29.8 Å². The quantitative estimate of drug-likeness (QED) is 0.779. The highest BCUT2D eigenvalue weighted by atomic mass is 35.5. The van der Waals surface area contributed by atoms with E-state index in [0.717, 1.165) is 49.8 Å². The van der Waals surface area contributed by atoms with Gasteiger partial charge in [0.15, 0.2) is 0 Å². The minimum atomic E-state index is 0.226. The Balaban J connectivity index is 1.41. The average Bonchev–Trinajstić information content (AvgIpc) is 2.64. The maximum Gasteiger partial charge on any atom is 0.225 e. The highest BCUT2D eigenvalue weighted by Gasteiger charge is 2.19. The molecule has 7 heteroatoms. The van der Waals surface area contributed by atoms with Crippen molar-refractivity contribution in [2.45, 2.75) is 6.54 Å². The number of para-hydroxylation sites is 1. The third kappa shape index (κ3) is 3.50. The molecular formula is C18H18ClN5O. The molecule has 0 amide bonds. The van der Waals surface area contributed by atoms with Crippen LogP contribution in [0.1, 0.15) is 5.69 Å². The lowest BCUT2D eigenvalue weighted by molar-refractivity contribution is 0.246. The first-order valence-electron chi connectivity index (χ1n) is 8.21. The SMILES string of the molecule is Oc1cccc2ccc(CN3CCN(c4ncc(Cl)cn4)CC3)nc12. The summed E-state index contributed by atoms with van der Waals surface area (Å²) in [6.07, 6.45) is 3.25. The number of aromatic hydroxyl groups is 1. The predicted octanol–water partition coefficient (Wildman–Crippen LogP) is 2.71. The van der Waals surface area contributed by atoms with Crippen molar-refractivity contribution >= 4 is 28.5 Å². The Bertz CT molecular complexity index is 878. The number of rotatable bonds is 3. The number of nitrogens with zero attached hydrogens (tertiary/aromatic N) is 5. The fourth-order valence-corrected chi connectivity index (χ4v) is 3.16. The van der Waals surface area contributed by atoms with Crippen LogP contribution in [0.4, 0.5) is 5.95 Å². The molecule has 1 N–H and O–H groups in total. The van der Waals surface area contributed by atoms with Crippen LogP contribution in [0, 0.1) is 0 Å². The first-order chi connectivity index (χ1) is 12.2. The second-order valence-corrected chi connectivity index (χ2v) is 6.55. The van der Waals surface area contributed by atoms with Gasteiger partial charge in [0.05, 0.1) is 23.1 Å². The molecule has 1 saturated heterocycles. The Hall–Kier alpha value is -2.44. The van der Waals surface area contributed by atoms with E-state index in [4.69, 9.17) is 11.6 Å². The third-order valence-electron chi connectivity index (χ3n) is 4.40. The van der Waals surface area contributed by atoms with E-state index in [9.17, 15) is 5.11 Å². The Labute approximate surface area is 150 Å². The van der Waals surface area contributed by atoms with E-state index < -0.39 is 0 Å². The molecule has 0 atom stereocenters. The minimum Gasteiger partial charge on any atom is -0.506 e. The molecule has 0 saturated carbocycles. The second kappa shape index (κ2) is 6.82. The highest BCUT2D eigenvalue weighted by molar-refractivity contribution is 6.30. The molecule has 1 aliphatic heterocycles. The Morgan fingerprint density at radius 3 is 2.52 bits per heavy atom. The fraction of sp³-hybridized carbons (Fsp3) is 0.278. The number of phenols is 1. The summed E-state index contributed by atoms with van der Waals surface area (Å²) in [5, 5.41) is 11.5. The summed E-state index contributed by atoms with van der Waals surface area (Å²) in [7, 11) is 0. The first kappa shape index (κ1) is 16.1. The molecule has 2 aromatic heterocycles. The van der Waals surface area contributed by atoms with E-state index in [1.54, 1.807) is 18.5 Å². The van der Waals surface area contributed by atoms with E-state index in [-0.39, 0.29) is 5.75 Å². The van der Waals surface area contributed by atoms with Gasteiger partial charge >= 0.3 is 0 Å². The summed E-state index contributed by atoms with van der Waals surface area (Å²) < 4.78 is 0. The van der Waals surface area contributed by atoms with Crippen LogP contribution < -0.4 is 4.90 Å². The maximum atomic E-state index is 9.98. The lowest BCUT2D eigenvalue weighted by atomic mass is 10.2. The van der Waals surface area contributed by atoms with Crippen LogP contribution in [-0.4, -0.2) is 51.1 Å². The van der Waals surface area contributed by atoms with Gasteiger partial charge < -0.3 is 10.0 Å². The van der Waals surface area contributed by atoms with Crippen LogP contribution in [0.2, 0.25) is 5.02 Å². The van der Waals surface area contributed by atoms with E-state index in [1.807, 2.05) is 24.3 Å². The predicted molar refractivity (Wildman–Crippen MR) is 97.9 cm³/mol. The van der Waals surface area contributed by atoms with Gasteiger partial charge in [0, 0.05) is 38.1 Å². The average molecular weight is 356 g/mol. The van der Waals surface area contributed by atoms with Crippen LogP contribution in [-0.2, 0) is 6.54 Å². The van der Waals surface area contributed by atoms with Crippen LogP contribution >= 0.6 is 11.6 Å². The van der Waals surface area contributed by atoms with Crippen molar-refractivity contribution in [2.75, 3.05) is 31.1 Å². The van der Waals surface area contributed by atoms with Gasteiger partial charge in [-0.25, -0.2) is 15.0 Å². The minimum absolute atomic E-state index is 0.226. The zero-order chi connectivity index (χ0) is 17.2. The number of anilines is 1. The summed E-state index contributed by atoms with van der Waals surface area (Å²) in [5.74, 6) is 0.946. The molecule has 0 bridgehead atoms. The van der Waals surface area contributed by atoms with E-state index >= 15 is 0 Å². The number of phenolic OH excluding ortho intramolecular Hbond substituents is 1. The second-order valence-electron chi connectivity index (χ2n) is 6.12. The molecule has 0 unspecified atom stereocenters. The topological polar surface area (TPSA) is 65.4 Å². The number of benzene rings is 1. The number of halogens is 1. The zero-order valence-corrected chi connectivity index (χ0v) is 14.4. The molecular weight excluding hydrogens is 338 g/mol. The van der Waals surface area contributed by atoms with Gasteiger partial charge in [0.25, 0.3) is 0 Å². The Morgan fingerprint density at radius 2 is 1.76 bits per heavy atom. The van der Waals surface area contributed by atoms with Gasteiger partial charge in [-0.2, -0.15) is 0 Å². The van der Waals surface area contributed by atoms with Crippen molar-refractivity contribution in [3.63, 3.8) is 0 Å². The molecule has 4 rings (SSSR count). The fourth-order valence-electron chi connectivity index (χ4n) is 3.06. The third-order valence-corrected chi connectivity index (χ3v) is 4.60. The van der Waals surface area contributed by atoms with Gasteiger partial charge in [-0.3, -0.25) is 4.90 Å². The van der Waals surface area contributed by atoms with Gasteiger partial charge in [0.2, 0.25) is 5.95 Å². The molecule has 3 heterocycles. The van der Waals surface area contributed by atoms with Gasteiger partial charge in [-0.15, -0.1) is 0 Å². The van der Waals surface area contributed by atoms with Crippen molar-refractivity contribution in [1.82, 2.24) is 19.9 Å². The van der Waals surface area contributed by atoms with Gasteiger partial charge in [0.1, 0.15) is 11.3 Å². The summed E-state index contributed by atoms with van der Waals surface area (Å²) >= 11 is 5.84. The molecule has 0 aliphatic carbocycles. The van der Waals surface area contributed by atoms with Crippen LogP contribution in [0.25, 0.3) is 10.9 Å². The van der Waals surface area contributed by atoms with Crippen molar-refractivity contribution in [1.29, 1.82) is 0 Å². The molecule has 1 aromatic carbocycles. The molecule has 6 nitrogen and oxygen atoms in total. The molecule has 3 aromatic rings. The van der Waals surface area contributed by atoms with Crippen molar-refractivity contribution in [2.24, 2.45) is 0 Å². The lowest BCUT2D eigenvalue weighted by Crippen LogP contribution is -2.46. The normalized spacial score (nSPS) is 15.6. The van der Waals surface area contributed by atoms with Crippen molar-refractivity contribution in [3.05, 3.63) is 53.4 Å². The largest absolute Gasteiger partial charge is 0.506 e. The van der Waals surface area contributed by atoms with Crippen molar-refractivity contribution in [3.8, 4) is 5.75 Å². The molecule has 0 radical (unpaired) electrons. The smallest absolute Gasteiger partial charge is 0.225 e. The lowest BCUT2D eigenvalue weighted by Gasteiger charge is -2.34. The Morgan fingerprint density at radius 1 is 1.00 bits per heavy atom. The Kier molecular flexibility index (Phi) is 4.38. The number of piperazine rings is 1. The van der Waals surface area contributed by atoms with E-state index in [1.165, 1.54) is 0 Å². The number of pyridine rings is 1. The number of hydrogen-bond donors (Lipinski definition) is 1. The standard InChI is InChI=1S/C18H18ClN5O/c19-14-10-20-18(21-11-14)24-8-6-23(7-9-24)12-15-5-4-13-2-1-3-16(25)17(13)22-15/h1-5,10-11,25H,6-9,12H2. The molecule has 1 fully saturated rings. The first-order valence-corrected chi connectivity index (χ1v) is 8.59. The monoisotopic (exact) mass is 355 g/mol. The maximum absolute atomic E-state index is 9.98. The number of aromatic nitrogens is 3. The number of hydrogen-bond acceptors (Lipinski definition) is 6. The van der Waals surface area contributed by atoms with Gasteiger partial charge in [-0.05, 0) is 12.1 Å². The van der Waals surface area contributed by atoms with Crippen molar-refractivity contribution < 1.29 is 5.11 Å². The molecule has 128 valence electrons. The highest BCUT2D eigenvalue weighted by Crippen LogP contribution is 2.23. The van der Waals surface area contributed by atoms with Crippen LogP contribution in [0.3, 0.4) is 0 Å². The molecule has 0 spiro atoms.